The molecule has 12 heavy (non-hydrogen) atoms. The highest BCUT2D eigenvalue weighted by molar-refractivity contribution is 7.03. The first kappa shape index (κ1) is 7.24. The highest BCUT2D eigenvalue weighted by atomic mass is 32.1. The standard InChI is InChI=1S/C8H6N2OS/c11-10-8(6-12-9-10)7-4-2-1-3-5-7/h1-6H. The molecule has 0 atom stereocenters. The fourth-order valence-electron chi connectivity index (χ4n) is 0.993. The van der Waals surface area contributed by atoms with Gasteiger partial charge in [0.05, 0.1) is 15.4 Å². The number of hydrogen-bond acceptors (Lipinski definition) is 3. The summed E-state index contributed by atoms with van der Waals surface area (Å²) in [6, 6.07) is 9.48. The van der Waals surface area contributed by atoms with Crippen LogP contribution in [0.3, 0.4) is 0 Å². The molecule has 0 aliphatic heterocycles. The summed E-state index contributed by atoms with van der Waals surface area (Å²) < 4.78 is 3.60. The first-order chi connectivity index (χ1) is 5.88. The van der Waals surface area contributed by atoms with Gasteiger partial charge in [0.1, 0.15) is 0 Å². The van der Waals surface area contributed by atoms with Crippen LogP contribution in [-0.2, 0) is 0 Å². The molecular weight excluding hydrogens is 172 g/mol. The molecule has 4 heteroatoms. The van der Waals surface area contributed by atoms with Gasteiger partial charge < -0.3 is 5.21 Å². The highest BCUT2D eigenvalue weighted by Gasteiger charge is 2.09. The molecule has 1 heterocycles. The Kier molecular flexibility index (Phi) is 1.75. The van der Waals surface area contributed by atoms with Gasteiger partial charge in [0.15, 0.2) is 0 Å². The third kappa shape index (κ3) is 1.16. The molecule has 0 fully saturated rings. The molecule has 0 bridgehead atoms. The summed E-state index contributed by atoms with van der Waals surface area (Å²) in [6.07, 6.45) is 0. The van der Waals surface area contributed by atoms with E-state index in [-0.39, 0.29) is 0 Å². The van der Waals surface area contributed by atoms with Gasteiger partial charge in [0.25, 0.3) is 5.69 Å². The summed E-state index contributed by atoms with van der Waals surface area (Å²) in [5.41, 5.74) is 1.52. The van der Waals surface area contributed by atoms with Crippen molar-refractivity contribution in [2.75, 3.05) is 0 Å². The average molecular weight is 178 g/mol. The predicted molar refractivity (Wildman–Crippen MR) is 46.5 cm³/mol. The van der Waals surface area contributed by atoms with Crippen molar-refractivity contribution < 1.29 is 4.85 Å². The fraction of sp³-hybridized carbons (Fsp3) is 0. The van der Waals surface area contributed by atoms with Crippen molar-refractivity contribution in [2.45, 2.75) is 0 Å². The Labute approximate surface area is 73.6 Å². The lowest BCUT2D eigenvalue weighted by atomic mass is 10.2. The maximum Gasteiger partial charge on any atom is 0.264 e. The Morgan fingerprint density at radius 1 is 1.25 bits per heavy atom. The van der Waals surface area contributed by atoms with E-state index in [0.717, 1.165) is 17.1 Å². The van der Waals surface area contributed by atoms with Crippen molar-refractivity contribution in [1.29, 1.82) is 0 Å². The highest BCUT2D eigenvalue weighted by Crippen LogP contribution is 2.14. The van der Waals surface area contributed by atoms with Gasteiger partial charge in [0, 0.05) is 11.5 Å². The van der Waals surface area contributed by atoms with E-state index in [1.165, 1.54) is 0 Å². The summed E-state index contributed by atoms with van der Waals surface area (Å²) in [4.78, 5) is 0.639. The number of aromatic nitrogens is 2. The molecule has 0 unspecified atom stereocenters. The third-order valence-electron chi connectivity index (χ3n) is 1.56. The smallest absolute Gasteiger partial charge is 0.264 e. The topological polar surface area (TPSA) is 39.8 Å². The van der Waals surface area contributed by atoms with Gasteiger partial charge in [-0.2, -0.15) is 0 Å². The normalized spacial score (nSPS) is 10.0. The SMILES string of the molecule is [O-][n+]1nscc1-c1ccccc1. The van der Waals surface area contributed by atoms with Crippen LogP contribution in [0.25, 0.3) is 11.3 Å². The van der Waals surface area contributed by atoms with Crippen molar-refractivity contribution in [3.05, 3.63) is 40.9 Å². The zero-order valence-electron chi connectivity index (χ0n) is 6.18. The molecular formula is C8H6N2OS. The van der Waals surface area contributed by atoms with Crippen molar-refractivity contribution in [3.63, 3.8) is 0 Å². The first-order valence-electron chi connectivity index (χ1n) is 3.47. The molecule has 0 aliphatic carbocycles. The Balaban J connectivity index is 2.51. The van der Waals surface area contributed by atoms with Crippen LogP contribution in [0.2, 0.25) is 0 Å². The van der Waals surface area contributed by atoms with Gasteiger partial charge in [-0.15, -0.1) is 0 Å². The van der Waals surface area contributed by atoms with Crippen LogP contribution in [0.15, 0.2) is 35.7 Å². The minimum absolute atomic E-state index is 0.612. The van der Waals surface area contributed by atoms with E-state index in [9.17, 15) is 5.21 Å². The van der Waals surface area contributed by atoms with Gasteiger partial charge >= 0.3 is 0 Å². The van der Waals surface area contributed by atoms with Gasteiger partial charge in [0.2, 0.25) is 0 Å². The van der Waals surface area contributed by atoms with E-state index in [0.29, 0.717) is 10.5 Å². The predicted octanol–water partition coefficient (Wildman–Crippen LogP) is 1.44. The monoisotopic (exact) mass is 178 g/mol. The van der Waals surface area contributed by atoms with Gasteiger partial charge in [-0.3, -0.25) is 0 Å². The van der Waals surface area contributed by atoms with E-state index in [4.69, 9.17) is 0 Å². The van der Waals surface area contributed by atoms with Crippen molar-refractivity contribution >= 4 is 11.5 Å². The second kappa shape index (κ2) is 2.91. The largest absolute Gasteiger partial charge is 0.593 e. The van der Waals surface area contributed by atoms with Crippen LogP contribution in [0.4, 0.5) is 0 Å². The lowest BCUT2D eigenvalue weighted by molar-refractivity contribution is -0.649. The van der Waals surface area contributed by atoms with Crippen molar-refractivity contribution in [2.24, 2.45) is 0 Å². The summed E-state index contributed by atoms with van der Waals surface area (Å²) in [5, 5.41) is 12.8. The molecule has 1 aromatic heterocycles. The van der Waals surface area contributed by atoms with Gasteiger partial charge in [-0.05, 0) is 17.0 Å². The van der Waals surface area contributed by atoms with E-state index >= 15 is 0 Å². The Hall–Kier alpha value is -1.42. The maximum atomic E-state index is 11.0. The van der Waals surface area contributed by atoms with Crippen molar-refractivity contribution in [1.82, 2.24) is 4.49 Å². The number of hydrogen-bond donors (Lipinski definition) is 0. The summed E-state index contributed by atoms with van der Waals surface area (Å²) >= 11 is 1.16. The number of benzene rings is 1. The first-order valence-corrected chi connectivity index (χ1v) is 4.31. The van der Waals surface area contributed by atoms with Gasteiger partial charge in [-0.25, -0.2) is 0 Å². The van der Waals surface area contributed by atoms with Gasteiger partial charge in [-0.1, -0.05) is 18.2 Å². The summed E-state index contributed by atoms with van der Waals surface area (Å²) in [7, 11) is 0. The molecule has 0 amide bonds. The molecule has 0 spiro atoms. The summed E-state index contributed by atoms with van der Waals surface area (Å²) in [6.45, 7) is 0. The molecule has 60 valence electrons. The molecule has 0 saturated heterocycles. The van der Waals surface area contributed by atoms with Crippen LogP contribution < -0.4 is 4.85 Å². The van der Waals surface area contributed by atoms with Crippen molar-refractivity contribution in [3.8, 4) is 11.3 Å². The quantitative estimate of drug-likeness (QED) is 0.489. The van der Waals surface area contributed by atoms with E-state index in [2.05, 4.69) is 4.49 Å². The van der Waals surface area contributed by atoms with E-state index < -0.39 is 0 Å². The molecule has 3 nitrogen and oxygen atoms in total. The Morgan fingerprint density at radius 3 is 2.58 bits per heavy atom. The van der Waals surface area contributed by atoms with Crippen LogP contribution in [0.1, 0.15) is 0 Å². The maximum absolute atomic E-state index is 11.0. The summed E-state index contributed by atoms with van der Waals surface area (Å²) in [5.74, 6) is 0. The van der Waals surface area contributed by atoms with Crippen LogP contribution in [0, 0.1) is 5.21 Å². The minimum Gasteiger partial charge on any atom is -0.593 e. The molecule has 1 aromatic carbocycles. The fourth-order valence-corrected chi connectivity index (χ4v) is 1.54. The zero-order chi connectivity index (χ0) is 8.39. The molecule has 0 N–H and O–H groups in total. The zero-order valence-corrected chi connectivity index (χ0v) is 6.99. The van der Waals surface area contributed by atoms with Crippen LogP contribution in [-0.4, -0.2) is 4.49 Å². The number of rotatable bonds is 1. The molecule has 0 aliphatic rings. The lowest BCUT2D eigenvalue weighted by Crippen LogP contribution is -2.29. The van der Waals surface area contributed by atoms with Crippen LogP contribution >= 0.6 is 11.5 Å². The minimum atomic E-state index is 0.612. The average Bonchev–Trinajstić information content (AvgIpc) is 2.53. The Morgan fingerprint density at radius 2 is 2.00 bits per heavy atom. The lowest BCUT2D eigenvalue weighted by Gasteiger charge is -1.93. The molecule has 2 aromatic rings. The second-order valence-corrected chi connectivity index (χ2v) is 2.94. The Bertz CT molecular complexity index is 372. The second-order valence-electron chi connectivity index (χ2n) is 2.33. The van der Waals surface area contributed by atoms with E-state index in [1.54, 1.807) is 5.38 Å². The third-order valence-corrected chi connectivity index (χ3v) is 2.13. The molecule has 0 saturated carbocycles. The molecule has 0 radical (unpaired) electrons. The number of nitrogens with zero attached hydrogens (tertiary/aromatic N) is 2. The van der Waals surface area contributed by atoms with Crippen LogP contribution in [0.5, 0.6) is 0 Å². The molecule has 2 rings (SSSR count). The van der Waals surface area contributed by atoms with E-state index in [1.807, 2.05) is 30.3 Å².